The van der Waals surface area contributed by atoms with Gasteiger partial charge in [-0.1, -0.05) is 38.0 Å². The zero-order chi connectivity index (χ0) is 13.2. The van der Waals surface area contributed by atoms with Crippen LogP contribution in [0.25, 0.3) is 0 Å². The zero-order valence-corrected chi connectivity index (χ0v) is 11.6. The van der Waals surface area contributed by atoms with Crippen molar-refractivity contribution in [3.8, 4) is 23.3 Å². The maximum Gasteiger partial charge on any atom is 0.123 e. The van der Waals surface area contributed by atoms with Crippen molar-refractivity contribution in [2.45, 2.75) is 39.0 Å². The van der Waals surface area contributed by atoms with Crippen molar-refractivity contribution < 1.29 is 9.47 Å². The van der Waals surface area contributed by atoms with Gasteiger partial charge in [-0.25, -0.2) is 0 Å². The lowest BCUT2D eigenvalue weighted by molar-refractivity contribution is 0.394. The van der Waals surface area contributed by atoms with Gasteiger partial charge in [0.05, 0.1) is 14.2 Å². The zero-order valence-electron chi connectivity index (χ0n) is 11.6. The van der Waals surface area contributed by atoms with Crippen LogP contribution in [0.5, 0.6) is 11.5 Å². The van der Waals surface area contributed by atoms with E-state index in [-0.39, 0.29) is 0 Å². The Morgan fingerprint density at radius 1 is 0.944 bits per heavy atom. The summed E-state index contributed by atoms with van der Waals surface area (Å²) in [5.41, 5.74) is 0.946. The van der Waals surface area contributed by atoms with Crippen LogP contribution in [0.1, 0.15) is 44.6 Å². The van der Waals surface area contributed by atoms with Crippen LogP contribution in [0, 0.1) is 11.8 Å². The Bertz CT molecular complexity index is 391. The standard InChI is InChI=1S/C16H22O2/c1-4-5-6-7-8-9-10-14-11-15(17-2)13-16(12-14)18-3/h11-13H,4-8H2,1-3H3. The minimum absolute atomic E-state index is 0.782. The number of ether oxygens (including phenoxy) is 2. The van der Waals surface area contributed by atoms with Gasteiger partial charge < -0.3 is 9.47 Å². The first-order valence-electron chi connectivity index (χ1n) is 6.52. The molecular formula is C16H22O2. The van der Waals surface area contributed by atoms with E-state index < -0.39 is 0 Å². The smallest absolute Gasteiger partial charge is 0.123 e. The van der Waals surface area contributed by atoms with E-state index in [1.54, 1.807) is 14.2 Å². The highest BCUT2D eigenvalue weighted by molar-refractivity contribution is 5.46. The fourth-order valence-electron chi connectivity index (χ4n) is 1.68. The number of unbranched alkanes of at least 4 members (excludes halogenated alkanes) is 4. The minimum atomic E-state index is 0.782. The van der Waals surface area contributed by atoms with Gasteiger partial charge in [-0.15, -0.1) is 0 Å². The van der Waals surface area contributed by atoms with E-state index in [1.165, 1.54) is 25.7 Å². The Morgan fingerprint density at radius 2 is 1.61 bits per heavy atom. The van der Waals surface area contributed by atoms with Gasteiger partial charge in [0, 0.05) is 18.1 Å². The van der Waals surface area contributed by atoms with Crippen LogP contribution in [0.2, 0.25) is 0 Å². The molecular weight excluding hydrogens is 224 g/mol. The van der Waals surface area contributed by atoms with Gasteiger partial charge in [0.25, 0.3) is 0 Å². The molecule has 0 spiro atoms. The first kappa shape index (κ1) is 14.4. The summed E-state index contributed by atoms with van der Waals surface area (Å²) in [5, 5.41) is 0. The SMILES string of the molecule is CCCCCCC#Cc1cc(OC)cc(OC)c1. The van der Waals surface area contributed by atoms with Gasteiger partial charge in [-0.2, -0.15) is 0 Å². The third-order valence-electron chi connectivity index (χ3n) is 2.74. The molecule has 98 valence electrons. The Labute approximate surface area is 110 Å². The summed E-state index contributed by atoms with van der Waals surface area (Å²) < 4.78 is 10.4. The van der Waals surface area contributed by atoms with Crippen molar-refractivity contribution in [2.75, 3.05) is 14.2 Å². The molecule has 0 unspecified atom stereocenters. The third-order valence-corrected chi connectivity index (χ3v) is 2.74. The molecule has 0 saturated carbocycles. The number of hydrogen-bond acceptors (Lipinski definition) is 2. The normalized spacial score (nSPS) is 9.50. The first-order valence-corrected chi connectivity index (χ1v) is 6.52. The van der Waals surface area contributed by atoms with Crippen molar-refractivity contribution in [3.05, 3.63) is 23.8 Å². The molecule has 0 radical (unpaired) electrons. The van der Waals surface area contributed by atoms with Gasteiger partial charge in [0.1, 0.15) is 11.5 Å². The van der Waals surface area contributed by atoms with Crippen molar-refractivity contribution in [2.24, 2.45) is 0 Å². The Morgan fingerprint density at radius 3 is 2.17 bits per heavy atom. The number of hydrogen-bond donors (Lipinski definition) is 0. The van der Waals surface area contributed by atoms with Gasteiger partial charge in [-0.3, -0.25) is 0 Å². The summed E-state index contributed by atoms with van der Waals surface area (Å²) in [7, 11) is 3.30. The second-order valence-corrected chi connectivity index (χ2v) is 4.21. The number of benzene rings is 1. The van der Waals surface area contributed by atoms with Crippen molar-refractivity contribution in [3.63, 3.8) is 0 Å². The van der Waals surface area contributed by atoms with E-state index in [4.69, 9.17) is 9.47 Å². The quantitative estimate of drug-likeness (QED) is 0.557. The van der Waals surface area contributed by atoms with Crippen molar-refractivity contribution >= 4 is 0 Å². The topological polar surface area (TPSA) is 18.5 Å². The fourth-order valence-corrected chi connectivity index (χ4v) is 1.68. The molecule has 0 aliphatic carbocycles. The predicted molar refractivity (Wildman–Crippen MR) is 75.2 cm³/mol. The lowest BCUT2D eigenvalue weighted by Gasteiger charge is -2.04. The predicted octanol–water partition coefficient (Wildman–Crippen LogP) is 4.03. The highest BCUT2D eigenvalue weighted by Gasteiger charge is 1.99. The molecule has 0 atom stereocenters. The van der Waals surface area contributed by atoms with E-state index in [2.05, 4.69) is 18.8 Å². The van der Waals surface area contributed by atoms with Crippen LogP contribution in [0.3, 0.4) is 0 Å². The molecule has 2 heteroatoms. The Balaban J connectivity index is 2.57. The Hall–Kier alpha value is -1.62. The summed E-state index contributed by atoms with van der Waals surface area (Å²) in [6.45, 7) is 2.22. The highest BCUT2D eigenvalue weighted by Crippen LogP contribution is 2.21. The monoisotopic (exact) mass is 246 g/mol. The lowest BCUT2D eigenvalue weighted by atomic mass is 10.1. The maximum atomic E-state index is 5.21. The highest BCUT2D eigenvalue weighted by atomic mass is 16.5. The molecule has 2 nitrogen and oxygen atoms in total. The Kier molecular flexibility index (Phi) is 6.79. The van der Waals surface area contributed by atoms with E-state index >= 15 is 0 Å². The molecule has 0 amide bonds. The van der Waals surface area contributed by atoms with E-state index in [0.29, 0.717) is 0 Å². The average Bonchev–Trinajstić information content (AvgIpc) is 2.42. The maximum absolute atomic E-state index is 5.21. The van der Waals surface area contributed by atoms with Crippen LogP contribution in [0.15, 0.2) is 18.2 Å². The molecule has 0 heterocycles. The molecule has 0 aliphatic rings. The lowest BCUT2D eigenvalue weighted by Crippen LogP contribution is -1.88. The van der Waals surface area contributed by atoms with Gasteiger partial charge >= 0.3 is 0 Å². The third kappa shape index (κ3) is 5.14. The van der Waals surface area contributed by atoms with Crippen molar-refractivity contribution in [1.82, 2.24) is 0 Å². The van der Waals surface area contributed by atoms with Crippen molar-refractivity contribution in [1.29, 1.82) is 0 Å². The molecule has 1 aromatic rings. The first-order chi connectivity index (χ1) is 8.80. The summed E-state index contributed by atoms with van der Waals surface area (Å²) >= 11 is 0. The second kappa shape index (κ2) is 8.47. The van der Waals surface area contributed by atoms with Gasteiger partial charge in [0.15, 0.2) is 0 Å². The molecule has 0 bridgehead atoms. The molecule has 0 N–H and O–H groups in total. The van der Waals surface area contributed by atoms with E-state index in [9.17, 15) is 0 Å². The van der Waals surface area contributed by atoms with Crippen LogP contribution in [-0.2, 0) is 0 Å². The summed E-state index contributed by atoms with van der Waals surface area (Å²) in [6.07, 6.45) is 5.98. The summed E-state index contributed by atoms with van der Waals surface area (Å²) in [5.74, 6) is 7.93. The second-order valence-electron chi connectivity index (χ2n) is 4.21. The summed E-state index contributed by atoms with van der Waals surface area (Å²) in [6, 6.07) is 5.72. The van der Waals surface area contributed by atoms with E-state index in [0.717, 1.165) is 23.5 Å². The average molecular weight is 246 g/mol. The van der Waals surface area contributed by atoms with Gasteiger partial charge in [-0.05, 0) is 18.6 Å². The number of rotatable bonds is 6. The van der Waals surface area contributed by atoms with Gasteiger partial charge in [0.2, 0.25) is 0 Å². The summed E-state index contributed by atoms with van der Waals surface area (Å²) in [4.78, 5) is 0. The molecule has 0 aromatic heterocycles. The molecule has 0 fully saturated rings. The molecule has 18 heavy (non-hydrogen) atoms. The van der Waals surface area contributed by atoms with Crippen LogP contribution >= 0.6 is 0 Å². The molecule has 0 saturated heterocycles. The van der Waals surface area contributed by atoms with Crippen LogP contribution in [-0.4, -0.2) is 14.2 Å². The molecule has 0 aliphatic heterocycles. The van der Waals surface area contributed by atoms with E-state index in [1.807, 2.05) is 18.2 Å². The fraction of sp³-hybridized carbons (Fsp3) is 0.500. The largest absolute Gasteiger partial charge is 0.497 e. The molecule has 1 aromatic carbocycles. The number of methoxy groups -OCH3 is 2. The minimum Gasteiger partial charge on any atom is -0.497 e. The van der Waals surface area contributed by atoms with Crippen LogP contribution < -0.4 is 9.47 Å². The van der Waals surface area contributed by atoms with Crippen LogP contribution in [0.4, 0.5) is 0 Å². The molecule has 1 rings (SSSR count).